The highest BCUT2D eigenvalue weighted by Gasteiger charge is 2.19. The molecule has 7 heteroatoms. The maximum absolute atomic E-state index is 12.5. The zero-order valence-electron chi connectivity index (χ0n) is 11.0. The van der Waals surface area contributed by atoms with Crippen molar-refractivity contribution in [2.75, 3.05) is 31.7 Å². The summed E-state index contributed by atoms with van der Waals surface area (Å²) in [7, 11) is 0. The Bertz CT molecular complexity index is 495. The van der Waals surface area contributed by atoms with E-state index in [0.717, 1.165) is 6.21 Å². The van der Waals surface area contributed by atoms with Crippen molar-refractivity contribution in [1.29, 1.82) is 5.41 Å². The van der Waals surface area contributed by atoms with Crippen LogP contribution in [0.15, 0.2) is 29.4 Å². The number of anilines is 1. The van der Waals surface area contributed by atoms with Crippen molar-refractivity contribution in [3.05, 3.63) is 29.8 Å². The third-order valence-electron chi connectivity index (χ3n) is 2.83. The summed E-state index contributed by atoms with van der Waals surface area (Å²) in [6.07, 6.45) is 2.38. The van der Waals surface area contributed by atoms with Gasteiger partial charge in [-0.2, -0.15) is 5.10 Å². The Balaban J connectivity index is 2.15. The van der Waals surface area contributed by atoms with Crippen LogP contribution in [-0.2, 0) is 4.84 Å². The molecule has 1 heterocycles. The van der Waals surface area contributed by atoms with Gasteiger partial charge in [0, 0.05) is 25.8 Å². The first-order valence-electron chi connectivity index (χ1n) is 6.34. The van der Waals surface area contributed by atoms with Crippen LogP contribution in [0, 0.1) is 5.41 Å². The zero-order valence-corrected chi connectivity index (χ0v) is 11.0. The van der Waals surface area contributed by atoms with Crippen LogP contribution in [0.4, 0.5) is 5.69 Å². The predicted molar refractivity (Wildman–Crippen MR) is 77.2 cm³/mol. The number of hydrazone groups is 1. The van der Waals surface area contributed by atoms with Gasteiger partial charge in [0.25, 0.3) is 5.91 Å². The molecule has 1 aliphatic rings. The number of carbonyl (C=O) groups is 1. The largest absolute Gasteiger partial charge is 0.335 e. The van der Waals surface area contributed by atoms with E-state index < -0.39 is 0 Å². The number of hydrogen-bond acceptors (Lipinski definition) is 6. The van der Waals surface area contributed by atoms with Crippen molar-refractivity contribution in [1.82, 2.24) is 10.4 Å². The Hall–Kier alpha value is -2.25. The summed E-state index contributed by atoms with van der Waals surface area (Å²) in [5.74, 6) is -0.0644. The van der Waals surface area contributed by atoms with Gasteiger partial charge >= 0.3 is 0 Å². The average Bonchev–Trinajstić information content (AvgIpc) is 2.76. The Morgan fingerprint density at radius 1 is 1.45 bits per heavy atom. The molecule has 1 fully saturated rings. The molecule has 0 saturated carbocycles. The first-order valence-corrected chi connectivity index (χ1v) is 6.34. The van der Waals surface area contributed by atoms with E-state index in [1.165, 1.54) is 6.21 Å². The molecule has 1 aromatic rings. The van der Waals surface area contributed by atoms with Crippen LogP contribution in [0.3, 0.4) is 0 Å². The Morgan fingerprint density at radius 3 is 3.15 bits per heavy atom. The fourth-order valence-electron chi connectivity index (χ4n) is 1.88. The fraction of sp³-hybridized carbons (Fsp3) is 0.308. The minimum atomic E-state index is -0.0644. The molecule has 0 atom stereocenters. The van der Waals surface area contributed by atoms with Gasteiger partial charge in [-0.05, 0) is 12.1 Å². The van der Waals surface area contributed by atoms with Gasteiger partial charge in [-0.15, -0.1) is 0 Å². The number of hydroxylamine groups is 1. The van der Waals surface area contributed by atoms with Crippen molar-refractivity contribution < 1.29 is 9.63 Å². The van der Waals surface area contributed by atoms with Crippen molar-refractivity contribution in [2.24, 2.45) is 5.10 Å². The molecule has 1 saturated heterocycles. The number of nitrogens with one attached hydrogen (secondary N) is 3. The topological polar surface area (TPSA) is 89.8 Å². The molecule has 0 aliphatic carbocycles. The number of hydrogen-bond donors (Lipinski definition) is 3. The van der Waals surface area contributed by atoms with Crippen molar-refractivity contribution in [3.63, 3.8) is 0 Å². The van der Waals surface area contributed by atoms with E-state index in [1.807, 2.05) is 12.1 Å². The average molecular weight is 275 g/mol. The van der Waals surface area contributed by atoms with Gasteiger partial charge in [0.2, 0.25) is 0 Å². The molecule has 0 spiro atoms. The third kappa shape index (κ3) is 3.62. The second-order valence-corrected chi connectivity index (χ2v) is 4.14. The highest BCUT2D eigenvalue weighted by molar-refractivity contribution is 6.14. The van der Waals surface area contributed by atoms with E-state index in [0.29, 0.717) is 37.5 Å². The number of nitrogens with zero attached hydrogens (tertiary/aromatic N) is 2. The monoisotopic (exact) mass is 275 g/mol. The second kappa shape index (κ2) is 7.37. The van der Waals surface area contributed by atoms with Gasteiger partial charge in [-0.1, -0.05) is 12.1 Å². The summed E-state index contributed by atoms with van der Waals surface area (Å²) in [5.41, 5.74) is 6.73. The minimum absolute atomic E-state index is 0.0644. The molecule has 0 bridgehead atoms. The van der Waals surface area contributed by atoms with Crippen LogP contribution in [0.1, 0.15) is 10.4 Å². The molecule has 1 aliphatic heterocycles. The number of carbonyl (C=O) groups excluding carboxylic acids is 1. The summed E-state index contributed by atoms with van der Waals surface area (Å²) in [6, 6.07) is 7.17. The van der Waals surface area contributed by atoms with Crippen molar-refractivity contribution >= 4 is 24.0 Å². The fourth-order valence-corrected chi connectivity index (χ4v) is 1.88. The predicted octanol–water partition coefficient (Wildman–Crippen LogP) is 0.711. The highest BCUT2D eigenvalue weighted by Crippen LogP contribution is 2.17. The lowest BCUT2D eigenvalue weighted by Gasteiger charge is -2.20. The Labute approximate surface area is 117 Å². The molecule has 3 N–H and O–H groups in total. The molecule has 0 unspecified atom stereocenters. The normalized spacial score (nSPS) is 15.9. The van der Waals surface area contributed by atoms with Crippen molar-refractivity contribution in [2.45, 2.75) is 0 Å². The van der Waals surface area contributed by atoms with Crippen LogP contribution in [0.2, 0.25) is 0 Å². The summed E-state index contributed by atoms with van der Waals surface area (Å²) in [6.45, 7) is 2.21. The van der Waals surface area contributed by atoms with Gasteiger partial charge in [-0.25, -0.2) is 5.48 Å². The van der Waals surface area contributed by atoms with Crippen molar-refractivity contribution in [3.8, 4) is 0 Å². The van der Waals surface area contributed by atoms with Gasteiger partial charge in [0.15, 0.2) is 0 Å². The summed E-state index contributed by atoms with van der Waals surface area (Å²) in [5, 5.41) is 10.7. The maximum atomic E-state index is 12.5. The zero-order chi connectivity index (χ0) is 14.2. The lowest BCUT2D eigenvalue weighted by molar-refractivity contribution is 0.0523. The van der Waals surface area contributed by atoms with Gasteiger partial charge in [0.1, 0.15) is 0 Å². The van der Waals surface area contributed by atoms with Gasteiger partial charge in [0.05, 0.1) is 24.1 Å². The van der Waals surface area contributed by atoms with E-state index in [-0.39, 0.29) is 5.91 Å². The number of para-hydroxylation sites is 1. The molecule has 7 nitrogen and oxygen atoms in total. The van der Waals surface area contributed by atoms with Crippen LogP contribution >= 0.6 is 0 Å². The molecule has 0 aromatic heterocycles. The van der Waals surface area contributed by atoms with Crippen LogP contribution in [-0.4, -0.2) is 49.5 Å². The van der Waals surface area contributed by atoms with Crippen LogP contribution in [0.25, 0.3) is 0 Å². The molecule has 1 amide bonds. The molecule has 106 valence electrons. The molecular weight excluding hydrogens is 258 g/mol. The Kier molecular flexibility index (Phi) is 5.22. The van der Waals surface area contributed by atoms with Crippen LogP contribution < -0.4 is 10.9 Å². The van der Waals surface area contributed by atoms with E-state index in [4.69, 9.17) is 10.2 Å². The third-order valence-corrected chi connectivity index (χ3v) is 2.83. The highest BCUT2D eigenvalue weighted by atomic mass is 16.6. The first-order chi connectivity index (χ1) is 9.83. The number of amides is 1. The summed E-state index contributed by atoms with van der Waals surface area (Å²) < 4.78 is 0. The minimum Gasteiger partial charge on any atom is -0.335 e. The Morgan fingerprint density at radius 2 is 2.30 bits per heavy atom. The molecule has 20 heavy (non-hydrogen) atoms. The van der Waals surface area contributed by atoms with E-state index in [2.05, 4.69) is 16.0 Å². The van der Waals surface area contributed by atoms with E-state index >= 15 is 0 Å². The second-order valence-electron chi connectivity index (χ2n) is 4.14. The first kappa shape index (κ1) is 14.2. The smallest absolute Gasteiger partial charge is 0.256 e. The van der Waals surface area contributed by atoms with Gasteiger partial charge < -0.3 is 10.3 Å². The lowest BCUT2D eigenvalue weighted by atomic mass is 10.1. The molecular formula is C13H17N5O2. The summed E-state index contributed by atoms with van der Waals surface area (Å²) >= 11 is 0. The standard InChI is InChI=1S/C13H17N5O2/c14-5-6-15-17-12-4-2-1-3-11(12)13(19)18-8-7-16-20-10-9-18/h1-6,14,16-17H,7-10H2/b14-5?,15-6-. The molecule has 0 radical (unpaired) electrons. The summed E-state index contributed by atoms with van der Waals surface area (Å²) in [4.78, 5) is 19.4. The van der Waals surface area contributed by atoms with Crippen LogP contribution in [0.5, 0.6) is 0 Å². The maximum Gasteiger partial charge on any atom is 0.256 e. The quantitative estimate of drug-likeness (QED) is 0.557. The van der Waals surface area contributed by atoms with E-state index in [9.17, 15) is 4.79 Å². The number of benzene rings is 1. The molecule has 1 aromatic carbocycles. The van der Waals surface area contributed by atoms with E-state index in [1.54, 1.807) is 17.0 Å². The van der Waals surface area contributed by atoms with Gasteiger partial charge in [-0.3, -0.25) is 15.1 Å². The number of rotatable bonds is 4. The molecule has 2 rings (SSSR count). The lowest BCUT2D eigenvalue weighted by Crippen LogP contribution is -2.35. The SMILES string of the molecule is N=C/C=N\Nc1ccccc1C(=O)N1CCNOCC1.